The molecule has 2 aromatic carbocycles. The number of nitrogens with zero attached hydrogens (tertiary/aromatic N) is 3. The first-order chi connectivity index (χ1) is 15.7. The molecule has 7 heteroatoms. The molecule has 1 amide bonds. The van der Waals surface area contributed by atoms with E-state index in [1.807, 2.05) is 17.1 Å². The predicted molar refractivity (Wildman–Crippen MR) is 135 cm³/mol. The third kappa shape index (κ3) is 6.42. The number of thiazole rings is 1. The van der Waals surface area contributed by atoms with Crippen LogP contribution in [0.15, 0.2) is 66.0 Å². The molecule has 3 aromatic rings. The maximum absolute atomic E-state index is 11.1. The second-order valence-corrected chi connectivity index (χ2v) is 9.94. The van der Waals surface area contributed by atoms with Crippen molar-refractivity contribution in [2.75, 3.05) is 43.8 Å². The Kier molecular flexibility index (Phi) is 8.34. The number of hydrogen-bond donors (Lipinski definition) is 1. The van der Waals surface area contributed by atoms with Gasteiger partial charge in [-0.3, -0.25) is 14.6 Å². The highest BCUT2D eigenvalue weighted by Crippen LogP contribution is 2.29. The van der Waals surface area contributed by atoms with Gasteiger partial charge in [-0.05, 0) is 11.1 Å². The summed E-state index contributed by atoms with van der Waals surface area (Å²) in [6, 6.07) is 22.0. The van der Waals surface area contributed by atoms with E-state index in [0.29, 0.717) is 11.2 Å². The number of nitrogens with one attached hydrogen (secondary N) is 1. The topological polar surface area (TPSA) is 48.5 Å². The molecular weight excluding hydrogens is 436 g/mol. The van der Waals surface area contributed by atoms with Crippen molar-refractivity contribution >= 4 is 34.1 Å². The molecule has 1 N–H and O–H groups in total. The standard InChI is InChI=1S/C25H30N4OS2/c1-20(30)26-25-27-23(19-32-25)18-31-17-16-28-12-14-29(15-13-28)24(21-8-4-2-5-9-21)22-10-6-3-7-11-22/h2-11,19,24H,12-18H2,1H3,(H,26,27,30). The van der Waals surface area contributed by atoms with Crippen LogP contribution in [0.25, 0.3) is 0 Å². The van der Waals surface area contributed by atoms with Crippen LogP contribution in [0.4, 0.5) is 5.13 Å². The Morgan fingerprint density at radius 1 is 1.03 bits per heavy atom. The summed E-state index contributed by atoms with van der Waals surface area (Å²) in [6.45, 7) is 6.96. The van der Waals surface area contributed by atoms with Crippen LogP contribution in [0.5, 0.6) is 0 Å². The van der Waals surface area contributed by atoms with Gasteiger partial charge in [0.05, 0.1) is 11.7 Å². The Balaban J connectivity index is 1.25. The molecule has 0 aliphatic carbocycles. The fraction of sp³-hybridized carbons (Fsp3) is 0.360. The van der Waals surface area contributed by atoms with Crippen LogP contribution in [0, 0.1) is 0 Å². The highest BCUT2D eigenvalue weighted by Gasteiger charge is 2.26. The highest BCUT2D eigenvalue weighted by atomic mass is 32.2. The Morgan fingerprint density at radius 3 is 2.25 bits per heavy atom. The molecular formula is C25H30N4OS2. The maximum atomic E-state index is 11.1. The second-order valence-electron chi connectivity index (χ2n) is 7.98. The van der Waals surface area contributed by atoms with Gasteiger partial charge >= 0.3 is 0 Å². The Hall–Kier alpha value is -2.19. The van der Waals surface area contributed by atoms with Crippen LogP contribution in [0.2, 0.25) is 0 Å². The third-order valence-electron chi connectivity index (χ3n) is 5.64. The Morgan fingerprint density at radius 2 is 1.66 bits per heavy atom. The highest BCUT2D eigenvalue weighted by molar-refractivity contribution is 7.98. The van der Waals surface area contributed by atoms with Gasteiger partial charge in [-0.1, -0.05) is 60.7 Å². The van der Waals surface area contributed by atoms with Crippen LogP contribution in [0.3, 0.4) is 0 Å². The molecule has 1 fully saturated rings. The minimum atomic E-state index is -0.0699. The van der Waals surface area contributed by atoms with Crippen LogP contribution < -0.4 is 5.32 Å². The normalized spacial score (nSPS) is 15.2. The van der Waals surface area contributed by atoms with E-state index in [4.69, 9.17) is 0 Å². The lowest BCUT2D eigenvalue weighted by Gasteiger charge is -2.39. The fourth-order valence-corrected chi connectivity index (χ4v) is 5.83. The molecule has 1 aliphatic rings. The predicted octanol–water partition coefficient (Wildman–Crippen LogP) is 4.74. The van der Waals surface area contributed by atoms with Gasteiger partial charge in [0, 0.05) is 56.5 Å². The average molecular weight is 467 g/mol. The molecule has 2 heterocycles. The van der Waals surface area contributed by atoms with Gasteiger partial charge in [0.25, 0.3) is 0 Å². The number of carbonyl (C=O) groups excluding carboxylic acids is 1. The second kappa shape index (κ2) is 11.6. The summed E-state index contributed by atoms with van der Waals surface area (Å²) in [5, 5.41) is 5.47. The summed E-state index contributed by atoms with van der Waals surface area (Å²) in [5.41, 5.74) is 3.77. The van der Waals surface area contributed by atoms with E-state index in [-0.39, 0.29) is 5.91 Å². The van der Waals surface area contributed by atoms with Crippen molar-refractivity contribution < 1.29 is 4.79 Å². The fourth-order valence-electron chi connectivity index (χ4n) is 4.08. The van der Waals surface area contributed by atoms with E-state index in [1.54, 1.807) is 0 Å². The number of piperazine rings is 1. The van der Waals surface area contributed by atoms with Gasteiger partial charge in [0.2, 0.25) is 5.91 Å². The molecule has 0 unspecified atom stereocenters. The van der Waals surface area contributed by atoms with E-state index in [9.17, 15) is 4.79 Å². The van der Waals surface area contributed by atoms with Gasteiger partial charge < -0.3 is 5.32 Å². The van der Waals surface area contributed by atoms with Gasteiger partial charge in [-0.15, -0.1) is 11.3 Å². The van der Waals surface area contributed by atoms with Gasteiger partial charge in [-0.25, -0.2) is 4.98 Å². The number of hydrogen-bond acceptors (Lipinski definition) is 6. The van der Waals surface area contributed by atoms with Crippen LogP contribution in [0.1, 0.15) is 29.8 Å². The summed E-state index contributed by atoms with van der Waals surface area (Å²) in [4.78, 5) is 20.8. The zero-order valence-corrected chi connectivity index (χ0v) is 20.1. The van der Waals surface area contributed by atoms with Gasteiger partial charge in [0.1, 0.15) is 0 Å². The molecule has 0 saturated carbocycles. The van der Waals surface area contributed by atoms with E-state index in [1.165, 1.54) is 29.4 Å². The Bertz CT molecular complexity index is 932. The number of carbonyl (C=O) groups is 1. The van der Waals surface area contributed by atoms with Crippen molar-refractivity contribution in [3.05, 3.63) is 82.9 Å². The number of benzene rings is 2. The zero-order valence-electron chi connectivity index (χ0n) is 18.4. The van der Waals surface area contributed by atoms with E-state index >= 15 is 0 Å². The summed E-state index contributed by atoms with van der Waals surface area (Å²) < 4.78 is 0. The maximum Gasteiger partial charge on any atom is 0.223 e. The molecule has 0 spiro atoms. The largest absolute Gasteiger partial charge is 0.302 e. The van der Waals surface area contributed by atoms with Gasteiger partial charge in [-0.2, -0.15) is 11.8 Å². The smallest absolute Gasteiger partial charge is 0.223 e. The molecule has 0 atom stereocenters. The summed E-state index contributed by atoms with van der Waals surface area (Å²) in [7, 11) is 0. The minimum Gasteiger partial charge on any atom is -0.302 e. The van der Waals surface area contributed by atoms with Crippen molar-refractivity contribution in [3.63, 3.8) is 0 Å². The van der Waals surface area contributed by atoms with E-state index in [2.05, 4.69) is 80.8 Å². The van der Waals surface area contributed by atoms with Gasteiger partial charge in [0.15, 0.2) is 5.13 Å². The van der Waals surface area contributed by atoms with Crippen LogP contribution in [-0.2, 0) is 10.5 Å². The number of thioether (sulfide) groups is 1. The number of amides is 1. The molecule has 168 valence electrons. The molecule has 1 aromatic heterocycles. The van der Waals surface area contributed by atoms with Crippen LogP contribution >= 0.6 is 23.1 Å². The van der Waals surface area contributed by atoms with E-state index < -0.39 is 0 Å². The number of aromatic nitrogens is 1. The Labute approximate surface area is 198 Å². The monoisotopic (exact) mass is 466 g/mol. The number of rotatable bonds is 9. The molecule has 1 saturated heterocycles. The quantitative estimate of drug-likeness (QED) is 0.462. The zero-order chi connectivity index (χ0) is 22.2. The lowest BCUT2D eigenvalue weighted by Crippen LogP contribution is -2.48. The SMILES string of the molecule is CC(=O)Nc1nc(CSCCN2CCN(C(c3ccccc3)c3ccccc3)CC2)cs1. The van der Waals surface area contributed by atoms with Crippen molar-refractivity contribution in [3.8, 4) is 0 Å². The molecule has 4 rings (SSSR count). The summed E-state index contributed by atoms with van der Waals surface area (Å²) in [6.07, 6.45) is 0. The van der Waals surface area contributed by atoms with E-state index in [0.717, 1.165) is 49.9 Å². The first kappa shape index (κ1) is 23.0. The lowest BCUT2D eigenvalue weighted by atomic mass is 9.96. The molecule has 5 nitrogen and oxygen atoms in total. The molecule has 1 aliphatic heterocycles. The average Bonchev–Trinajstić information content (AvgIpc) is 3.26. The lowest BCUT2D eigenvalue weighted by molar-refractivity contribution is -0.114. The van der Waals surface area contributed by atoms with Crippen molar-refractivity contribution in [1.82, 2.24) is 14.8 Å². The summed E-state index contributed by atoms with van der Waals surface area (Å²) >= 11 is 3.40. The first-order valence-electron chi connectivity index (χ1n) is 11.0. The van der Waals surface area contributed by atoms with Crippen molar-refractivity contribution in [1.29, 1.82) is 0 Å². The summed E-state index contributed by atoms with van der Waals surface area (Å²) in [5.74, 6) is 1.91. The first-order valence-corrected chi connectivity index (χ1v) is 13.1. The van der Waals surface area contributed by atoms with Crippen LogP contribution in [-0.4, -0.2) is 59.2 Å². The molecule has 0 radical (unpaired) electrons. The van der Waals surface area contributed by atoms with Crippen molar-refractivity contribution in [2.24, 2.45) is 0 Å². The molecule has 32 heavy (non-hydrogen) atoms. The number of anilines is 1. The third-order valence-corrected chi connectivity index (χ3v) is 7.42. The molecule has 0 bridgehead atoms. The minimum absolute atomic E-state index is 0.0699. The van der Waals surface area contributed by atoms with Crippen molar-refractivity contribution in [2.45, 2.75) is 18.7 Å².